The SMILES string of the molecule is NC(=O)c1ccc2nc(CC(=O)c3ccccc3)cn2c1. The molecule has 0 aliphatic rings. The average molecular weight is 279 g/mol. The van der Waals surface area contributed by atoms with E-state index in [1.807, 2.05) is 18.2 Å². The van der Waals surface area contributed by atoms with Crippen LogP contribution >= 0.6 is 0 Å². The Hall–Kier alpha value is -2.95. The highest BCUT2D eigenvalue weighted by Crippen LogP contribution is 2.11. The predicted octanol–water partition coefficient (Wildman–Crippen LogP) is 1.86. The molecular weight excluding hydrogens is 266 g/mol. The minimum atomic E-state index is -0.493. The smallest absolute Gasteiger partial charge is 0.250 e. The van der Waals surface area contributed by atoms with Crippen LogP contribution in [0.3, 0.4) is 0 Å². The number of hydrogen-bond donors (Lipinski definition) is 1. The summed E-state index contributed by atoms with van der Waals surface area (Å²) in [7, 11) is 0. The number of nitrogens with zero attached hydrogens (tertiary/aromatic N) is 2. The van der Waals surface area contributed by atoms with Crippen LogP contribution in [0.4, 0.5) is 0 Å². The summed E-state index contributed by atoms with van der Waals surface area (Å²) in [5.41, 5.74) is 7.64. The monoisotopic (exact) mass is 279 g/mol. The van der Waals surface area contributed by atoms with Crippen LogP contribution in [0.25, 0.3) is 5.65 Å². The van der Waals surface area contributed by atoms with Crippen molar-refractivity contribution in [2.24, 2.45) is 5.73 Å². The fourth-order valence-electron chi connectivity index (χ4n) is 2.17. The number of hydrogen-bond acceptors (Lipinski definition) is 3. The Bertz CT molecular complexity index is 822. The molecule has 2 N–H and O–H groups in total. The second-order valence-corrected chi connectivity index (χ2v) is 4.75. The number of nitrogens with two attached hydrogens (primary N) is 1. The summed E-state index contributed by atoms with van der Waals surface area (Å²) in [6, 6.07) is 12.4. The quantitative estimate of drug-likeness (QED) is 0.740. The molecule has 0 saturated heterocycles. The summed E-state index contributed by atoms with van der Waals surface area (Å²) in [5.74, 6) is -0.485. The number of imidazole rings is 1. The maximum atomic E-state index is 12.1. The van der Waals surface area contributed by atoms with Crippen LogP contribution in [0.15, 0.2) is 54.9 Å². The third kappa shape index (κ3) is 2.67. The summed E-state index contributed by atoms with van der Waals surface area (Å²) in [5, 5.41) is 0. The van der Waals surface area contributed by atoms with Crippen molar-refractivity contribution in [2.45, 2.75) is 6.42 Å². The Morgan fingerprint density at radius 3 is 2.48 bits per heavy atom. The van der Waals surface area contributed by atoms with Crippen molar-refractivity contribution in [3.63, 3.8) is 0 Å². The Labute approximate surface area is 121 Å². The van der Waals surface area contributed by atoms with Crippen LogP contribution in [0.1, 0.15) is 26.4 Å². The van der Waals surface area contributed by atoms with E-state index < -0.39 is 5.91 Å². The fourth-order valence-corrected chi connectivity index (χ4v) is 2.17. The molecule has 2 aromatic heterocycles. The molecule has 3 aromatic rings. The Morgan fingerprint density at radius 2 is 1.76 bits per heavy atom. The molecule has 1 aromatic carbocycles. The standard InChI is InChI=1S/C16H13N3O2/c17-16(21)12-6-7-15-18-13(10-19(15)9-12)8-14(20)11-4-2-1-3-5-11/h1-7,9-10H,8H2,(H2,17,21). The molecule has 1 amide bonds. The molecule has 3 rings (SSSR count). The maximum absolute atomic E-state index is 12.1. The minimum Gasteiger partial charge on any atom is -0.366 e. The van der Waals surface area contributed by atoms with Gasteiger partial charge in [-0.15, -0.1) is 0 Å². The number of aromatic nitrogens is 2. The van der Waals surface area contributed by atoms with Gasteiger partial charge in [0.05, 0.1) is 17.7 Å². The highest BCUT2D eigenvalue weighted by atomic mass is 16.1. The van der Waals surface area contributed by atoms with E-state index in [-0.39, 0.29) is 12.2 Å². The van der Waals surface area contributed by atoms with Gasteiger partial charge in [-0.2, -0.15) is 0 Å². The molecule has 104 valence electrons. The number of Topliss-reactive ketones (excluding diaryl/α,β-unsaturated/α-hetero) is 1. The molecule has 2 heterocycles. The highest BCUT2D eigenvalue weighted by molar-refractivity contribution is 5.97. The zero-order valence-electron chi connectivity index (χ0n) is 11.2. The number of carbonyl (C=O) groups is 2. The van der Waals surface area contributed by atoms with Crippen molar-refractivity contribution in [1.29, 1.82) is 0 Å². The molecule has 0 aliphatic carbocycles. The molecule has 0 atom stereocenters. The summed E-state index contributed by atoms with van der Waals surface area (Å²) >= 11 is 0. The van der Waals surface area contributed by atoms with E-state index in [2.05, 4.69) is 4.98 Å². The zero-order valence-corrected chi connectivity index (χ0v) is 11.2. The van der Waals surface area contributed by atoms with Gasteiger partial charge < -0.3 is 10.1 Å². The Kier molecular flexibility index (Phi) is 3.23. The number of primary amides is 1. The van der Waals surface area contributed by atoms with Gasteiger partial charge in [-0.3, -0.25) is 9.59 Å². The number of rotatable bonds is 4. The van der Waals surface area contributed by atoms with Gasteiger partial charge in [-0.1, -0.05) is 30.3 Å². The lowest BCUT2D eigenvalue weighted by Gasteiger charge is -1.97. The highest BCUT2D eigenvalue weighted by Gasteiger charge is 2.10. The van der Waals surface area contributed by atoms with E-state index in [1.54, 1.807) is 41.1 Å². The van der Waals surface area contributed by atoms with Crippen LogP contribution in [0.5, 0.6) is 0 Å². The third-order valence-electron chi connectivity index (χ3n) is 3.22. The molecule has 5 heteroatoms. The van der Waals surface area contributed by atoms with Crippen molar-refractivity contribution in [1.82, 2.24) is 9.38 Å². The van der Waals surface area contributed by atoms with E-state index in [0.717, 1.165) is 0 Å². The second-order valence-electron chi connectivity index (χ2n) is 4.75. The van der Waals surface area contributed by atoms with Crippen molar-refractivity contribution in [3.8, 4) is 0 Å². The third-order valence-corrected chi connectivity index (χ3v) is 3.22. The molecular formula is C16H13N3O2. The molecule has 0 aliphatic heterocycles. The first kappa shape index (κ1) is 13.1. The van der Waals surface area contributed by atoms with Crippen LogP contribution in [0, 0.1) is 0 Å². The molecule has 0 bridgehead atoms. The molecule has 0 radical (unpaired) electrons. The summed E-state index contributed by atoms with van der Waals surface area (Å²) in [6.07, 6.45) is 3.57. The summed E-state index contributed by atoms with van der Waals surface area (Å²) < 4.78 is 1.70. The van der Waals surface area contributed by atoms with Gasteiger partial charge in [0.25, 0.3) is 0 Å². The van der Waals surface area contributed by atoms with Crippen molar-refractivity contribution < 1.29 is 9.59 Å². The van der Waals surface area contributed by atoms with Crippen molar-refractivity contribution in [3.05, 3.63) is 71.7 Å². The predicted molar refractivity (Wildman–Crippen MR) is 78.2 cm³/mol. The minimum absolute atomic E-state index is 0.00845. The summed E-state index contributed by atoms with van der Waals surface area (Å²) in [4.78, 5) is 27.7. The number of pyridine rings is 1. The van der Waals surface area contributed by atoms with Gasteiger partial charge in [0.15, 0.2) is 5.78 Å². The normalized spacial score (nSPS) is 10.7. The molecule has 0 spiro atoms. The largest absolute Gasteiger partial charge is 0.366 e. The molecule has 0 unspecified atom stereocenters. The average Bonchev–Trinajstić information content (AvgIpc) is 2.89. The molecule has 21 heavy (non-hydrogen) atoms. The molecule has 0 fully saturated rings. The number of carbonyl (C=O) groups excluding carboxylic acids is 2. The Balaban J connectivity index is 1.88. The van der Waals surface area contributed by atoms with E-state index in [4.69, 9.17) is 5.73 Å². The Morgan fingerprint density at radius 1 is 1.00 bits per heavy atom. The molecule has 5 nitrogen and oxygen atoms in total. The molecule has 0 saturated carbocycles. The maximum Gasteiger partial charge on any atom is 0.250 e. The topological polar surface area (TPSA) is 77.5 Å². The van der Waals surface area contributed by atoms with Crippen molar-refractivity contribution in [2.75, 3.05) is 0 Å². The van der Waals surface area contributed by atoms with Gasteiger partial charge in [0.1, 0.15) is 5.65 Å². The lowest BCUT2D eigenvalue weighted by molar-refractivity contribution is 0.0986. The zero-order chi connectivity index (χ0) is 14.8. The summed E-state index contributed by atoms with van der Waals surface area (Å²) in [6.45, 7) is 0. The fraction of sp³-hybridized carbons (Fsp3) is 0.0625. The van der Waals surface area contributed by atoms with Crippen molar-refractivity contribution >= 4 is 17.3 Å². The van der Waals surface area contributed by atoms with Crippen LogP contribution in [-0.4, -0.2) is 21.1 Å². The number of fused-ring (bicyclic) bond motifs is 1. The van der Waals surface area contributed by atoms with Crippen LogP contribution in [0.2, 0.25) is 0 Å². The van der Waals surface area contributed by atoms with E-state index in [9.17, 15) is 9.59 Å². The first-order valence-electron chi connectivity index (χ1n) is 6.49. The first-order chi connectivity index (χ1) is 10.1. The lowest BCUT2D eigenvalue weighted by Crippen LogP contribution is -2.11. The number of amides is 1. The number of ketones is 1. The van der Waals surface area contributed by atoms with E-state index >= 15 is 0 Å². The van der Waals surface area contributed by atoms with Crippen LogP contribution in [-0.2, 0) is 6.42 Å². The van der Waals surface area contributed by atoms with Gasteiger partial charge in [-0.05, 0) is 12.1 Å². The van der Waals surface area contributed by atoms with Gasteiger partial charge in [-0.25, -0.2) is 4.98 Å². The van der Waals surface area contributed by atoms with Gasteiger partial charge in [0.2, 0.25) is 5.91 Å². The first-order valence-corrected chi connectivity index (χ1v) is 6.49. The van der Waals surface area contributed by atoms with Gasteiger partial charge >= 0.3 is 0 Å². The number of benzene rings is 1. The lowest BCUT2D eigenvalue weighted by atomic mass is 10.1. The van der Waals surface area contributed by atoms with Crippen LogP contribution < -0.4 is 5.73 Å². The van der Waals surface area contributed by atoms with E-state index in [0.29, 0.717) is 22.5 Å². The van der Waals surface area contributed by atoms with Gasteiger partial charge in [0, 0.05) is 18.0 Å². The van der Waals surface area contributed by atoms with E-state index in [1.165, 1.54) is 0 Å². The second kappa shape index (κ2) is 5.20.